The van der Waals surface area contributed by atoms with Crippen molar-refractivity contribution in [3.8, 4) is 11.5 Å². The van der Waals surface area contributed by atoms with Crippen LogP contribution in [0.1, 0.15) is 11.1 Å². The third-order valence-electron chi connectivity index (χ3n) is 3.95. The van der Waals surface area contributed by atoms with Gasteiger partial charge in [-0.25, -0.2) is 14.6 Å². The van der Waals surface area contributed by atoms with Crippen LogP contribution in [0, 0.1) is 0 Å². The maximum atomic E-state index is 4.35. The van der Waals surface area contributed by atoms with Gasteiger partial charge < -0.3 is 9.88 Å². The van der Waals surface area contributed by atoms with Crippen molar-refractivity contribution in [2.45, 2.75) is 13.1 Å². The molecule has 4 rings (SSSR count). The van der Waals surface area contributed by atoms with Crippen molar-refractivity contribution in [2.75, 3.05) is 0 Å². The lowest BCUT2D eigenvalue weighted by Crippen LogP contribution is -2.13. The molecule has 4 aromatic rings. The predicted octanol–water partition coefficient (Wildman–Crippen LogP) is 2.74. The number of aromatic nitrogens is 5. The lowest BCUT2D eigenvalue weighted by molar-refractivity contribution is 0.691. The summed E-state index contributed by atoms with van der Waals surface area (Å²) in [6.07, 6.45) is 11.0. The number of rotatable bonds is 6. The first kappa shape index (κ1) is 15.3. The minimum atomic E-state index is 0.778. The highest BCUT2D eigenvalue weighted by molar-refractivity contribution is 5.34. The van der Waals surface area contributed by atoms with Crippen LogP contribution in [-0.4, -0.2) is 24.3 Å². The number of imidazole rings is 1. The van der Waals surface area contributed by atoms with E-state index in [-0.39, 0.29) is 0 Å². The summed E-state index contributed by atoms with van der Waals surface area (Å²) in [6, 6.07) is 14.4. The van der Waals surface area contributed by atoms with Crippen molar-refractivity contribution in [1.82, 2.24) is 29.6 Å². The van der Waals surface area contributed by atoms with Gasteiger partial charge in [-0.05, 0) is 41.5 Å². The summed E-state index contributed by atoms with van der Waals surface area (Å²) in [4.78, 5) is 8.42. The zero-order chi connectivity index (χ0) is 16.9. The second-order valence-electron chi connectivity index (χ2n) is 5.71. The molecule has 0 fully saturated rings. The van der Waals surface area contributed by atoms with E-state index in [9.17, 15) is 0 Å². The first-order chi connectivity index (χ1) is 12.4. The molecule has 0 amide bonds. The van der Waals surface area contributed by atoms with Crippen LogP contribution < -0.4 is 5.32 Å². The molecule has 3 heterocycles. The zero-order valence-corrected chi connectivity index (χ0v) is 13.7. The van der Waals surface area contributed by atoms with Crippen LogP contribution in [0.15, 0.2) is 79.8 Å². The fourth-order valence-corrected chi connectivity index (χ4v) is 2.65. The fourth-order valence-electron chi connectivity index (χ4n) is 2.65. The predicted molar refractivity (Wildman–Crippen MR) is 95.5 cm³/mol. The van der Waals surface area contributed by atoms with Crippen LogP contribution in [0.3, 0.4) is 0 Å². The maximum absolute atomic E-state index is 4.35. The molecule has 0 saturated heterocycles. The topological polar surface area (TPSA) is 60.6 Å². The third kappa shape index (κ3) is 3.64. The van der Waals surface area contributed by atoms with Gasteiger partial charge in [0, 0.05) is 49.8 Å². The quantitative estimate of drug-likeness (QED) is 0.590. The first-order valence-electron chi connectivity index (χ1n) is 8.11. The van der Waals surface area contributed by atoms with Gasteiger partial charge in [-0.1, -0.05) is 12.1 Å². The first-order valence-corrected chi connectivity index (χ1v) is 8.11. The number of nitrogens with one attached hydrogen (secondary N) is 1. The molecule has 6 heteroatoms. The highest BCUT2D eigenvalue weighted by Crippen LogP contribution is 2.10. The minimum absolute atomic E-state index is 0.778. The normalized spacial score (nSPS) is 10.9. The van der Waals surface area contributed by atoms with E-state index >= 15 is 0 Å². The summed E-state index contributed by atoms with van der Waals surface area (Å²) in [5.74, 6) is 0.828. The Kier molecular flexibility index (Phi) is 4.35. The molecule has 0 aliphatic rings. The highest BCUT2D eigenvalue weighted by atomic mass is 15.3. The summed E-state index contributed by atoms with van der Waals surface area (Å²) in [7, 11) is 0. The number of nitrogens with zero attached hydrogens (tertiary/aromatic N) is 5. The molecule has 0 aliphatic carbocycles. The Hall–Kier alpha value is -3.25. The van der Waals surface area contributed by atoms with E-state index in [1.165, 1.54) is 11.1 Å². The molecule has 0 aliphatic heterocycles. The monoisotopic (exact) mass is 330 g/mol. The number of benzene rings is 1. The lowest BCUT2D eigenvalue weighted by Gasteiger charge is -2.08. The van der Waals surface area contributed by atoms with E-state index < -0.39 is 0 Å². The van der Waals surface area contributed by atoms with Gasteiger partial charge in [0.1, 0.15) is 0 Å². The Balaban J connectivity index is 1.35. The largest absolute Gasteiger partial charge is 0.309 e. The number of hydrogen-bond acceptors (Lipinski definition) is 4. The zero-order valence-electron chi connectivity index (χ0n) is 13.7. The molecule has 0 unspecified atom stereocenters. The Morgan fingerprint density at radius 2 is 1.76 bits per heavy atom. The van der Waals surface area contributed by atoms with Crippen molar-refractivity contribution in [1.29, 1.82) is 0 Å². The molecule has 3 aromatic heterocycles. The summed E-state index contributed by atoms with van der Waals surface area (Å²) >= 11 is 0. The number of pyridine rings is 1. The molecule has 0 radical (unpaired) electrons. The summed E-state index contributed by atoms with van der Waals surface area (Å²) in [5, 5.41) is 7.68. The average molecular weight is 330 g/mol. The van der Waals surface area contributed by atoms with Crippen LogP contribution in [0.5, 0.6) is 0 Å². The second kappa shape index (κ2) is 7.11. The van der Waals surface area contributed by atoms with Crippen LogP contribution >= 0.6 is 0 Å². The van der Waals surface area contributed by atoms with Crippen LogP contribution in [-0.2, 0) is 13.1 Å². The molecule has 6 nitrogen and oxygen atoms in total. The smallest absolute Gasteiger partial charge is 0.153 e. The summed E-state index contributed by atoms with van der Waals surface area (Å²) < 4.78 is 3.75. The van der Waals surface area contributed by atoms with Crippen LogP contribution in [0.4, 0.5) is 0 Å². The van der Waals surface area contributed by atoms with Gasteiger partial charge in [0.15, 0.2) is 5.82 Å². The van der Waals surface area contributed by atoms with E-state index in [2.05, 4.69) is 44.6 Å². The second-order valence-corrected chi connectivity index (χ2v) is 5.71. The molecular formula is C19H18N6. The van der Waals surface area contributed by atoms with Crippen molar-refractivity contribution in [3.63, 3.8) is 0 Å². The van der Waals surface area contributed by atoms with Gasteiger partial charge in [-0.15, -0.1) is 0 Å². The summed E-state index contributed by atoms with van der Waals surface area (Å²) in [6.45, 7) is 1.59. The van der Waals surface area contributed by atoms with Gasteiger partial charge in [0.25, 0.3) is 0 Å². The maximum Gasteiger partial charge on any atom is 0.153 e. The number of hydrogen-bond donors (Lipinski definition) is 1. The molecule has 1 aromatic carbocycles. The van der Waals surface area contributed by atoms with Gasteiger partial charge >= 0.3 is 0 Å². The third-order valence-corrected chi connectivity index (χ3v) is 3.95. The van der Waals surface area contributed by atoms with E-state index in [4.69, 9.17) is 0 Å². The van der Waals surface area contributed by atoms with E-state index in [0.29, 0.717) is 0 Å². The van der Waals surface area contributed by atoms with E-state index in [1.54, 1.807) is 23.4 Å². The van der Waals surface area contributed by atoms with Crippen LogP contribution in [0.25, 0.3) is 11.5 Å². The minimum Gasteiger partial charge on any atom is -0.309 e. The Labute approximate surface area is 145 Å². The summed E-state index contributed by atoms with van der Waals surface area (Å²) in [5.41, 5.74) is 3.53. The van der Waals surface area contributed by atoms with Crippen molar-refractivity contribution < 1.29 is 0 Å². The molecular weight excluding hydrogens is 312 g/mol. The van der Waals surface area contributed by atoms with E-state index in [1.807, 2.05) is 41.4 Å². The van der Waals surface area contributed by atoms with Crippen molar-refractivity contribution in [2.24, 2.45) is 0 Å². The Morgan fingerprint density at radius 1 is 0.880 bits per heavy atom. The standard InChI is InChI=1S/C19H18N6/c1-7-23-25(10-1)19-12-17(6-8-22-19)14-21-13-16-2-4-18(5-3-16)24-11-9-20-15-24/h1-12,15,21H,13-14H2. The fraction of sp³-hybridized carbons (Fsp3) is 0.105. The van der Waals surface area contributed by atoms with Gasteiger partial charge in [0.05, 0.1) is 6.33 Å². The molecule has 0 atom stereocenters. The van der Waals surface area contributed by atoms with Crippen LogP contribution in [0.2, 0.25) is 0 Å². The molecule has 124 valence electrons. The molecule has 25 heavy (non-hydrogen) atoms. The van der Waals surface area contributed by atoms with Gasteiger partial charge in [0.2, 0.25) is 0 Å². The molecule has 1 N–H and O–H groups in total. The Morgan fingerprint density at radius 3 is 2.52 bits per heavy atom. The molecule has 0 saturated carbocycles. The Bertz CT molecular complexity index is 911. The van der Waals surface area contributed by atoms with Crippen molar-refractivity contribution >= 4 is 0 Å². The molecule has 0 bridgehead atoms. The van der Waals surface area contributed by atoms with Gasteiger partial charge in [-0.2, -0.15) is 5.10 Å². The average Bonchev–Trinajstić information content (AvgIpc) is 3.37. The van der Waals surface area contributed by atoms with Crippen molar-refractivity contribution in [3.05, 3.63) is 90.9 Å². The SMILES string of the molecule is c1cnn(-c2cc(CNCc3ccc(-n4ccnc4)cc3)ccn2)c1. The van der Waals surface area contributed by atoms with E-state index in [0.717, 1.165) is 24.6 Å². The highest BCUT2D eigenvalue weighted by Gasteiger charge is 2.01. The molecule has 0 spiro atoms. The lowest BCUT2D eigenvalue weighted by atomic mass is 10.2. The van der Waals surface area contributed by atoms with Gasteiger partial charge in [-0.3, -0.25) is 0 Å².